The predicted molar refractivity (Wildman–Crippen MR) is 109 cm³/mol. The van der Waals surface area contributed by atoms with Crippen molar-refractivity contribution in [1.29, 1.82) is 0 Å². The monoisotopic (exact) mass is 413 g/mol. The van der Waals surface area contributed by atoms with Gasteiger partial charge in [0.1, 0.15) is 0 Å². The van der Waals surface area contributed by atoms with Crippen molar-refractivity contribution in [2.45, 2.75) is 19.8 Å². The first-order valence-corrected chi connectivity index (χ1v) is 9.67. The van der Waals surface area contributed by atoms with Gasteiger partial charge >= 0.3 is 5.97 Å². The van der Waals surface area contributed by atoms with Crippen LogP contribution < -0.4 is 5.32 Å². The highest BCUT2D eigenvalue weighted by Gasteiger charge is 2.42. The molecule has 1 heterocycles. The summed E-state index contributed by atoms with van der Waals surface area (Å²) in [6, 6.07) is 12.6. The third kappa shape index (κ3) is 2.84. The number of hydrogen-bond acceptors (Lipinski definition) is 4. The maximum atomic E-state index is 13.3. The Morgan fingerprint density at radius 2 is 1.82 bits per heavy atom. The van der Waals surface area contributed by atoms with Crippen LogP contribution in [0.5, 0.6) is 0 Å². The van der Waals surface area contributed by atoms with Crippen LogP contribution >= 0.6 is 23.2 Å². The zero-order chi connectivity index (χ0) is 20.0. The summed E-state index contributed by atoms with van der Waals surface area (Å²) < 4.78 is 5.29. The number of allylic oxidation sites excluding steroid dienone is 2. The number of ketones is 1. The standard InChI is InChI=1S/C22H17Cl2NO3/c1-3-28-22(27)17-11(2)25-20-13-6-4-5-7-14(13)21(26)19(20)18(17)12-8-9-15(23)16(24)10-12/h4-10,18,25H,3H2,1-2H3. The van der Waals surface area contributed by atoms with Crippen LogP contribution in [0.15, 0.2) is 59.3 Å². The number of rotatable bonds is 3. The van der Waals surface area contributed by atoms with Crippen molar-refractivity contribution in [2.24, 2.45) is 0 Å². The average Bonchev–Trinajstić information content (AvgIpc) is 2.95. The third-order valence-electron chi connectivity index (χ3n) is 5.02. The quantitative estimate of drug-likeness (QED) is 0.708. The van der Waals surface area contributed by atoms with Gasteiger partial charge in [-0.25, -0.2) is 4.79 Å². The first-order chi connectivity index (χ1) is 13.4. The summed E-state index contributed by atoms with van der Waals surface area (Å²) in [6.45, 7) is 3.80. The van der Waals surface area contributed by atoms with Gasteiger partial charge in [-0.05, 0) is 31.5 Å². The number of nitrogens with one attached hydrogen (secondary N) is 1. The molecule has 6 heteroatoms. The van der Waals surface area contributed by atoms with Gasteiger partial charge in [-0.1, -0.05) is 53.5 Å². The van der Waals surface area contributed by atoms with Crippen LogP contribution in [0.3, 0.4) is 0 Å². The van der Waals surface area contributed by atoms with Gasteiger partial charge in [0, 0.05) is 28.3 Å². The molecular formula is C22H17Cl2NO3. The van der Waals surface area contributed by atoms with E-state index in [-0.39, 0.29) is 12.4 Å². The molecule has 1 aliphatic heterocycles. The molecule has 2 aliphatic rings. The lowest BCUT2D eigenvalue weighted by atomic mass is 9.80. The van der Waals surface area contributed by atoms with E-state index in [1.165, 1.54) is 0 Å². The highest BCUT2D eigenvalue weighted by atomic mass is 35.5. The third-order valence-corrected chi connectivity index (χ3v) is 5.76. The molecule has 0 bridgehead atoms. The Balaban J connectivity index is 1.94. The fraction of sp³-hybridized carbons (Fsp3) is 0.182. The molecule has 0 amide bonds. The van der Waals surface area contributed by atoms with Crippen molar-refractivity contribution in [1.82, 2.24) is 5.32 Å². The fourth-order valence-corrected chi connectivity index (χ4v) is 4.14. The molecule has 1 unspecified atom stereocenters. The molecule has 28 heavy (non-hydrogen) atoms. The molecule has 0 saturated carbocycles. The first-order valence-electron chi connectivity index (χ1n) is 8.92. The van der Waals surface area contributed by atoms with Gasteiger partial charge in [-0.2, -0.15) is 0 Å². The number of benzene rings is 2. The molecule has 0 fully saturated rings. The molecule has 0 aromatic heterocycles. The molecule has 0 radical (unpaired) electrons. The minimum atomic E-state index is -0.593. The van der Waals surface area contributed by atoms with Crippen LogP contribution in [0.25, 0.3) is 5.70 Å². The highest BCUT2D eigenvalue weighted by molar-refractivity contribution is 6.42. The Bertz CT molecular complexity index is 1080. The van der Waals surface area contributed by atoms with Crippen molar-refractivity contribution in [3.8, 4) is 0 Å². The molecule has 1 aliphatic carbocycles. The van der Waals surface area contributed by atoms with Crippen LogP contribution in [-0.4, -0.2) is 18.4 Å². The number of esters is 1. The summed E-state index contributed by atoms with van der Waals surface area (Å²) >= 11 is 12.3. The Morgan fingerprint density at radius 3 is 2.50 bits per heavy atom. The van der Waals surface area contributed by atoms with E-state index < -0.39 is 11.9 Å². The second-order valence-electron chi connectivity index (χ2n) is 6.65. The summed E-state index contributed by atoms with van der Waals surface area (Å²) in [5.41, 5.74) is 4.46. The number of hydrogen-bond donors (Lipinski definition) is 1. The summed E-state index contributed by atoms with van der Waals surface area (Å²) in [5, 5.41) is 4.03. The first kappa shape index (κ1) is 18.8. The van der Waals surface area contributed by atoms with E-state index in [2.05, 4.69) is 5.32 Å². The van der Waals surface area contributed by atoms with Gasteiger partial charge in [-0.3, -0.25) is 4.79 Å². The topological polar surface area (TPSA) is 55.4 Å². The summed E-state index contributed by atoms with van der Waals surface area (Å²) in [5.74, 6) is -1.16. The second-order valence-corrected chi connectivity index (χ2v) is 7.47. The lowest BCUT2D eigenvalue weighted by Gasteiger charge is -2.29. The van der Waals surface area contributed by atoms with E-state index in [1.807, 2.05) is 25.1 Å². The minimum absolute atomic E-state index is 0.108. The van der Waals surface area contributed by atoms with Crippen LogP contribution in [0.4, 0.5) is 0 Å². The number of fused-ring (bicyclic) bond motifs is 2. The molecule has 4 nitrogen and oxygen atoms in total. The van der Waals surface area contributed by atoms with Gasteiger partial charge in [0.15, 0.2) is 5.78 Å². The largest absolute Gasteiger partial charge is 0.463 e. The summed E-state index contributed by atoms with van der Waals surface area (Å²) in [6.07, 6.45) is 0. The van der Waals surface area contributed by atoms with Gasteiger partial charge in [0.25, 0.3) is 0 Å². The molecule has 2 aromatic rings. The maximum Gasteiger partial charge on any atom is 0.336 e. The van der Waals surface area contributed by atoms with Gasteiger partial charge < -0.3 is 10.1 Å². The Kier molecular flexibility index (Phi) is 4.77. The van der Waals surface area contributed by atoms with E-state index in [4.69, 9.17) is 27.9 Å². The predicted octanol–water partition coefficient (Wildman–Crippen LogP) is 5.12. The molecule has 0 spiro atoms. The molecular weight excluding hydrogens is 397 g/mol. The molecule has 1 atom stereocenters. The number of carbonyl (C=O) groups is 2. The van der Waals surface area contributed by atoms with E-state index in [1.54, 1.807) is 31.2 Å². The Morgan fingerprint density at radius 1 is 1.11 bits per heavy atom. The lowest BCUT2D eigenvalue weighted by molar-refractivity contribution is -0.138. The fourth-order valence-electron chi connectivity index (χ4n) is 3.83. The molecule has 1 N–H and O–H groups in total. The van der Waals surface area contributed by atoms with Gasteiger partial charge in [0.2, 0.25) is 0 Å². The van der Waals surface area contributed by atoms with E-state index in [0.29, 0.717) is 38.0 Å². The zero-order valence-electron chi connectivity index (χ0n) is 15.3. The molecule has 142 valence electrons. The van der Waals surface area contributed by atoms with Crippen molar-refractivity contribution in [3.05, 3.63) is 86.0 Å². The highest BCUT2D eigenvalue weighted by Crippen LogP contribution is 2.47. The Hall–Kier alpha value is -2.56. The summed E-state index contributed by atoms with van der Waals surface area (Å²) in [7, 11) is 0. The second kappa shape index (κ2) is 7.12. The smallest absolute Gasteiger partial charge is 0.336 e. The number of ether oxygens (including phenoxy) is 1. The number of dihydropyridines is 1. The molecule has 2 aromatic carbocycles. The van der Waals surface area contributed by atoms with Crippen molar-refractivity contribution >= 4 is 40.7 Å². The number of Topliss-reactive ketones (excluding diaryl/α,β-unsaturated/α-hetero) is 1. The van der Waals surface area contributed by atoms with Crippen LogP contribution in [0.1, 0.15) is 41.3 Å². The van der Waals surface area contributed by atoms with E-state index >= 15 is 0 Å². The number of carbonyl (C=O) groups excluding carboxylic acids is 2. The van der Waals surface area contributed by atoms with Gasteiger partial charge in [-0.15, -0.1) is 0 Å². The minimum Gasteiger partial charge on any atom is -0.463 e. The normalized spacial score (nSPS) is 18.0. The van der Waals surface area contributed by atoms with Crippen molar-refractivity contribution in [2.75, 3.05) is 6.61 Å². The zero-order valence-corrected chi connectivity index (χ0v) is 16.8. The molecule has 4 rings (SSSR count). The van der Waals surface area contributed by atoms with Crippen molar-refractivity contribution < 1.29 is 14.3 Å². The molecule has 0 saturated heterocycles. The van der Waals surface area contributed by atoms with Crippen LogP contribution in [0.2, 0.25) is 10.0 Å². The summed E-state index contributed by atoms with van der Waals surface area (Å²) in [4.78, 5) is 26.1. The van der Waals surface area contributed by atoms with Gasteiger partial charge in [0.05, 0.1) is 27.9 Å². The Labute approximate surface area is 172 Å². The maximum absolute atomic E-state index is 13.3. The average molecular weight is 414 g/mol. The van der Waals surface area contributed by atoms with Crippen molar-refractivity contribution in [3.63, 3.8) is 0 Å². The lowest BCUT2D eigenvalue weighted by Crippen LogP contribution is -2.29. The van der Waals surface area contributed by atoms with E-state index in [9.17, 15) is 9.59 Å². The van der Waals surface area contributed by atoms with Crippen LogP contribution in [0, 0.1) is 0 Å². The SMILES string of the molecule is CCOC(=O)C1=C(C)NC2=C(C(=O)c3ccccc32)C1c1ccc(Cl)c(Cl)c1. The van der Waals surface area contributed by atoms with Crippen LogP contribution in [-0.2, 0) is 9.53 Å². The number of halogens is 2. The van der Waals surface area contributed by atoms with E-state index in [0.717, 1.165) is 11.3 Å².